The van der Waals surface area contributed by atoms with Gasteiger partial charge in [-0.05, 0) is 0 Å². The molecule has 0 saturated heterocycles. The minimum absolute atomic E-state index is 0.514. The largest absolute Gasteiger partial charge is 0.323 e. The molecule has 5 heavy (non-hydrogen) atoms. The predicted molar refractivity (Wildman–Crippen MR) is 18.7 cm³/mol. The molecule has 0 aliphatic carbocycles. The van der Waals surface area contributed by atoms with E-state index in [0.29, 0.717) is 6.29 Å². The van der Waals surface area contributed by atoms with E-state index in [1.54, 1.807) is 0 Å². The van der Waals surface area contributed by atoms with Crippen LogP contribution in [0.2, 0.25) is 0 Å². The smallest absolute Gasteiger partial charge is 0.162 e. The highest BCUT2D eigenvalue weighted by atomic mass is 16.1. The molecular weight excluding hydrogens is 68.0 g/mol. The fourth-order valence-electron chi connectivity index (χ4n) is 0.0351. The Morgan fingerprint density at radius 3 is 2.40 bits per heavy atom. The highest BCUT2D eigenvalue weighted by Crippen LogP contribution is 1.29. The Balaban J connectivity index is 2.92. The van der Waals surface area contributed by atoms with E-state index in [-0.39, 0.29) is 0 Å². The fourth-order valence-corrected chi connectivity index (χ4v) is 0.0351. The van der Waals surface area contributed by atoms with Crippen LogP contribution in [-0.4, -0.2) is 12.5 Å². The lowest BCUT2D eigenvalue weighted by atomic mass is 10.9. The van der Waals surface area contributed by atoms with Gasteiger partial charge in [0.2, 0.25) is 0 Å². The van der Waals surface area contributed by atoms with Gasteiger partial charge in [-0.1, -0.05) is 0 Å². The Hall–Kier alpha value is -0.860. The lowest BCUT2D eigenvalue weighted by molar-refractivity contribution is -0.102. The number of hydrazone groups is 1. The summed E-state index contributed by atoms with van der Waals surface area (Å²) in [5, 5.41) is 2.86. The van der Waals surface area contributed by atoms with Crippen LogP contribution in [0.3, 0.4) is 0 Å². The monoisotopic (exact) mass is 72.0 g/mol. The first-order valence-corrected chi connectivity index (χ1v) is 1.09. The molecule has 3 nitrogen and oxygen atoms in total. The maximum Gasteiger partial charge on any atom is 0.162 e. The molecule has 0 aliphatic heterocycles. The van der Waals surface area contributed by atoms with Crippen molar-refractivity contribution in [2.24, 2.45) is 10.9 Å². The van der Waals surface area contributed by atoms with Gasteiger partial charge in [-0.2, -0.15) is 5.10 Å². The number of hydrogen-bond acceptors (Lipinski definition) is 3. The quantitative estimate of drug-likeness (QED) is 0.189. The Bertz CT molecular complexity index is 49.6. The van der Waals surface area contributed by atoms with Crippen molar-refractivity contribution in [3.05, 3.63) is 0 Å². The molecule has 0 saturated carbocycles. The van der Waals surface area contributed by atoms with Crippen LogP contribution in [0.15, 0.2) is 5.10 Å². The maximum atomic E-state index is 9.18. The Kier molecular flexibility index (Phi) is 2.60. The van der Waals surface area contributed by atoms with Crippen molar-refractivity contribution in [2.45, 2.75) is 0 Å². The van der Waals surface area contributed by atoms with Crippen molar-refractivity contribution < 1.29 is 4.79 Å². The number of carbonyl (C=O) groups is 1. The SMILES string of the molecule is NN=CC=O. The minimum Gasteiger partial charge on any atom is -0.323 e. The third-order valence-electron chi connectivity index (χ3n) is 0.147. The molecular formula is C2H4N2O. The molecule has 0 unspecified atom stereocenters. The number of nitrogens with zero attached hydrogens (tertiary/aromatic N) is 1. The van der Waals surface area contributed by atoms with Crippen LogP contribution in [0, 0.1) is 0 Å². The van der Waals surface area contributed by atoms with E-state index in [1.807, 2.05) is 0 Å². The molecule has 28 valence electrons. The van der Waals surface area contributed by atoms with Gasteiger partial charge in [0.1, 0.15) is 0 Å². The lowest BCUT2D eigenvalue weighted by Gasteiger charge is -1.56. The van der Waals surface area contributed by atoms with Crippen molar-refractivity contribution >= 4 is 12.5 Å². The van der Waals surface area contributed by atoms with Gasteiger partial charge in [0, 0.05) is 0 Å². The van der Waals surface area contributed by atoms with Crippen LogP contribution >= 0.6 is 0 Å². The summed E-state index contributed by atoms with van der Waals surface area (Å²) in [5.74, 6) is 4.48. The molecule has 0 aromatic rings. The number of aldehydes is 1. The zero-order chi connectivity index (χ0) is 4.12. The second-order valence-electron chi connectivity index (χ2n) is 0.434. The van der Waals surface area contributed by atoms with Crippen LogP contribution in [0.1, 0.15) is 0 Å². The summed E-state index contributed by atoms with van der Waals surface area (Å²) in [6.07, 6.45) is 1.49. The second-order valence-corrected chi connectivity index (χ2v) is 0.434. The molecule has 0 bridgehead atoms. The van der Waals surface area contributed by atoms with Gasteiger partial charge in [0.15, 0.2) is 6.29 Å². The van der Waals surface area contributed by atoms with E-state index in [0.717, 1.165) is 6.21 Å². The summed E-state index contributed by atoms with van der Waals surface area (Å²) >= 11 is 0. The van der Waals surface area contributed by atoms with Gasteiger partial charge < -0.3 is 5.84 Å². The van der Waals surface area contributed by atoms with Gasteiger partial charge >= 0.3 is 0 Å². The van der Waals surface area contributed by atoms with Gasteiger partial charge in [0.25, 0.3) is 0 Å². The summed E-state index contributed by atoms with van der Waals surface area (Å²) in [5.41, 5.74) is 0. The average Bonchev–Trinajstić information content (AvgIpc) is 1.41. The normalized spacial score (nSPS) is 8.80. The van der Waals surface area contributed by atoms with Crippen molar-refractivity contribution in [1.82, 2.24) is 0 Å². The first-order chi connectivity index (χ1) is 2.41. The highest BCUT2D eigenvalue weighted by molar-refractivity contribution is 6.12. The average molecular weight is 72.1 g/mol. The topological polar surface area (TPSA) is 55.4 Å². The van der Waals surface area contributed by atoms with E-state index >= 15 is 0 Å². The number of nitrogens with two attached hydrogens (primary N) is 1. The van der Waals surface area contributed by atoms with Gasteiger partial charge in [-0.3, -0.25) is 4.79 Å². The molecule has 0 spiro atoms. The number of carbonyl (C=O) groups excluding carboxylic acids is 1. The van der Waals surface area contributed by atoms with Crippen LogP contribution in [0.5, 0.6) is 0 Å². The molecule has 0 rings (SSSR count). The van der Waals surface area contributed by atoms with Crippen molar-refractivity contribution in [3.63, 3.8) is 0 Å². The molecule has 3 heteroatoms. The molecule has 2 N–H and O–H groups in total. The maximum absolute atomic E-state index is 9.18. The Morgan fingerprint density at radius 2 is 2.40 bits per heavy atom. The standard InChI is InChI=1S/C2H4N2O/c3-4-1-2-5/h1-2H,3H2. The van der Waals surface area contributed by atoms with Crippen LogP contribution < -0.4 is 5.84 Å². The summed E-state index contributed by atoms with van der Waals surface area (Å²) in [4.78, 5) is 9.18. The predicted octanol–water partition coefficient (Wildman–Crippen LogP) is -0.870. The summed E-state index contributed by atoms with van der Waals surface area (Å²) in [6.45, 7) is 0. The van der Waals surface area contributed by atoms with E-state index in [4.69, 9.17) is 0 Å². The van der Waals surface area contributed by atoms with E-state index in [2.05, 4.69) is 10.9 Å². The lowest BCUT2D eigenvalue weighted by Crippen LogP contribution is -1.80. The Morgan fingerprint density at radius 1 is 1.80 bits per heavy atom. The van der Waals surface area contributed by atoms with Gasteiger partial charge in [0.05, 0.1) is 6.21 Å². The fraction of sp³-hybridized carbons (Fsp3) is 0. The first-order valence-electron chi connectivity index (χ1n) is 1.09. The zero-order valence-electron chi connectivity index (χ0n) is 2.59. The van der Waals surface area contributed by atoms with Crippen molar-refractivity contribution in [1.29, 1.82) is 0 Å². The number of rotatable bonds is 1. The molecule has 0 aromatic carbocycles. The van der Waals surface area contributed by atoms with Crippen LogP contribution in [0.25, 0.3) is 0 Å². The summed E-state index contributed by atoms with van der Waals surface area (Å²) in [6, 6.07) is 0. The van der Waals surface area contributed by atoms with Crippen LogP contribution in [0.4, 0.5) is 0 Å². The summed E-state index contributed by atoms with van der Waals surface area (Å²) < 4.78 is 0. The third kappa shape index (κ3) is 3.14. The van der Waals surface area contributed by atoms with E-state index < -0.39 is 0 Å². The highest BCUT2D eigenvalue weighted by Gasteiger charge is 1.49. The van der Waals surface area contributed by atoms with Crippen LogP contribution in [-0.2, 0) is 4.79 Å². The van der Waals surface area contributed by atoms with Crippen molar-refractivity contribution in [2.75, 3.05) is 0 Å². The second kappa shape index (κ2) is 3.14. The number of hydrogen-bond donors (Lipinski definition) is 1. The summed E-state index contributed by atoms with van der Waals surface area (Å²) in [7, 11) is 0. The Labute approximate surface area is 29.5 Å². The van der Waals surface area contributed by atoms with Crippen molar-refractivity contribution in [3.8, 4) is 0 Å². The molecule has 0 aliphatic rings. The van der Waals surface area contributed by atoms with Gasteiger partial charge in [-0.25, -0.2) is 0 Å². The van der Waals surface area contributed by atoms with E-state index in [9.17, 15) is 4.79 Å². The molecule has 0 aromatic heterocycles. The van der Waals surface area contributed by atoms with Gasteiger partial charge in [-0.15, -0.1) is 0 Å². The molecule has 0 amide bonds. The molecule has 0 atom stereocenters. The van der Waals surface area contributed by atoms with E-state index in [1.165, 1.54) is 0 Å². The zero-order valence-corrected chi connectivity index (χ0v) is 2.59. The third-order valence-corrected chi connectivity index (χ3v) is 0.147. The molecule has 0 fully saturated rings. The molecule has 0 radical (unpaired) electrons. The first kappa shape index (κ1) is 4.14. The minimum atomic E-state index is 0.514. The molecule has 0 heterocycles.